The fraction of sp³-hybridized carbons (Fsp3) is 0.696. The Bertz CT molecular complexity index is 602. The number of likely N-dealkylation sites (tertiary alicyclic amines) is 1. The molecule has 2 atom stereocenters. The third-order valence-corrected chi connectivity index (χ3v) is 6.07. The number of amides is 1. The second-order valence-corrected chi connectivity index (χ2v) is 8.77. The molecule has 0 aromatic heterocycles. The lowest BCUT2D eigenvalue weighted by molar-refractivity contribution is 0.0767. The fourth-order valence-corrected chi connectivity index (χ4v) is 4.02. The first kappa shape index (κ1) is 22.9. The highest BCUT2D eigenvalue weighted by Gasteiger charge is 2.25. The van der Waals surface area contributed by atoms with E-state index >= 15 is 0 Å². The molecule has 2 rings (SSSR count). The van der Waals surface area contributed by atoms with Gasteiger partial charge in [-0.05, 0) is 76.4 Å². The highest BCUT2D eigenvalue weighted by molar-refractivity contribution is 5.94. The molecular formula is C23H39N3O2. The second-order valence-electron chi connectivity index (χ2n) is 8.77. The first-order valence-electron chi connectivity index (χ1n) is 10.7. The highest BCUT2D eigenvalue weighted by atomic mass is 16.3. The average molecular weight is 390 g/mol. The van der Waals surface area contributed by atoms with E-state index in [0.29, 0.717) is 24.1 Å². The Balaban J connectivity index is 1.78. The smallest absolute Gasteiger partial charge is 0.253 e. The van der Waals surface area contributed by atoms with E-state index in [2.05, 4.69) is 49.8 Å². The monoisotopic (exact) mass is 389 g/mol. The molecule has 0 bridgehead atoms. The zero-order valence-corrected chi connectivity index (χ0v) is 18.4. The molecule has 158 valence electrons. The molecular weight excluding hydrogens is 350 g/mol. The minimum absolute atomic E-state index is 0.0127. The molecule has 1 amide bonds. The molecule has 1 heterocycles. The van der Waals surface area contributed by atoms with Crippen LogP contribution in [0.15, 0.2) is 24.3 Å². The summed E-state index contributed by atoms with van der Waals surface area (Å²) in [5, 5.41) is 8.98. The zero-order valence-electron chi connectivity index (χ0n) is 18.4. The Labute approximate surface area is 171 Å². The fourth-order valence-electron chi connectivity index (χ4n) is 4.02. The van der Waals surface area contributed by atoms with Crippen molar-refractivity contribution < 1.29 is 9.90 Å². The molecule has 5 heteroatoms. The largest absolute Gasteiger partial charge is 0.395 e. The van der Waals surface area contributed by atoms with Gasteiger partial charge in [0, 0.05) is 38.3 Å². The summed E-state index contributed by atoms with van der Waals surface area (Å²) < 4.78 is 0. The van der Waals surface area contributed by atoms with Crippen molar-refractivity contribution in [3.8, 4) is 0 Å². The quantitative estimate of drug-likeness (QED) is 0.668. The first-order valence-corrected chi connectivity index (χ1v) is 10.7. The van der Waals surface area contributed by atoms with Crippen molar-refractivity contribution in [2.75, 3.05) is 53.4 Å². The van der Waals surface area contributed by atoms with Crippen LogP contribution in [-0.4, -0.2) is 85.2 Å². The Kier molecular flexibility index (Phi) is 8.93. The van der Waals surface area contributed by atoms with E-state index in [4.69, 9.17) is 5.11 Å². The van der Waals surface area contributed by atoms with Crippen LogP contribution in [-0.2, 0) is 0 Å². The van der Waals surface area contributed by atoms with Crippen molar-refractivity contribution in [3.05, 3.63) is 35.4 Å². The number of carbonyl (C=O) groups is 1. The Hall–Kier alpha value is -1.43. The number of likely N-dealkylation sites (N-methyl/N-ethyl adjacent to an activating group) is 1. The van der Waals surface area contributed by atoms with Gasteiger partial charge >= 0.3 is 0 Å². The second kappa shape index (κ2) is 10.9. The third kappa shape index (κ3) is 6.57. The third-order valence-electron chi connectivity index (χ3n) is 6.07. The van der Waals surface area contributed by atoms with Gasteiger partial charge in [0.05, 0.1) is 6.61 Å². The number of aliphatic hydroxyl groups is 1. The lowest BCUT2D eigenvalue weighted by Gasteiger charge is -2.24. The maximum atomic E-state index is 12.3. The van der Waals surface area contributed by atoms with Gasteiger partial charge in [0.1, 0.15) is 0 Å². The molecule has 0 radical (unpaired) electrons. The summed E-state index contributed by atoms with van der Waals surface area (Å²) in [4.78, 5) is 18.9. The highest BCUT2D eigenvalue weighted by Crippen LogP contribution is 2.22. The van der Waals surface area contributed by atoms with Gasteiger partial charge < -0.3 is 19.8 Å². The van der Waals surface area contributed by atoms with Crippen molar-refractivity contribution in [1.82, 2.24) is 14.7 Å². The van der Waals surface area contributed by atoms with Crippen LogP contribution < -0.4 is 0 Å². The topological polar surface area (TPSA) is 47.0 Å². The predicted octanol–water partition coefficient (Wildman–Crippen LogP) is 2.91. The maximum absolute atomic E-state index is 12.3. The normalized spacial score (nSPS) is 18.8. The lowest BCUT2D eigenvalue weighted by atomic mass is 9.96. The van der Waals surface area contributed by atoms with Crippen molar-refractivity contribution in [2.45, 2.75) is 45.6 Å². The van der Waals surface area contributed by atoms with Gasteiger partial charge in [-0.15, -0.1) is 0 Å². The molecule has 1 aliphatic heterocycles. The van der Waals surface area contributed by atoms with Crippen LogP contribution in [0.1, 0.15) is 55.5 Å². The van der Waals surface area contributed by atoms with Crippen molar-refractivity contribution >= 4 is 5.91 Å². The minimum Gasteiger partial charge on any atom is -0.395 e. The van der Waals surface area contributed by atoms with Crippen molar-refractivity contribution in [2.24, 2.45) is 5.92 Å². The van der Waals surface area contributed by atoms with Gasteiger partial charge in [-0.3, -0.25) is 4.79 Å². The van der Waals surface area contributed by atoms with E-state index in [0.717, 1.165) is 18.9 Å². The summed E-state index contributed by atoms with van der Waals surface area (Å²) in [6, 6.07) is 8.62. The predicted molar refractivity (Wildman–Crippen MR) is 116 cm³/mol. The van der Waals surface area contributed by atoms with E-state index in [9.17, 15) is 4.79 Å². The number of aliphatic hydroxyl groups excluding tert-OH is 1. The molecule has 1 N–H and O–H groups in total. The van der Waals surface area contributed by atoms with E-state index in [1.807, 2.05) is 12.1 Å². The molecule has 0 saturated carbocycles. The standard InChI is InChI=1S/C23H39N3O2/c1-18(2)26-13-11-20(17-26)16-24(4)12-10-19(3)21-6-8-22(9-7-21)23(28)25(5)14-15-27/h6-9,18-20,27H,10-17H2,1-5H3/t19?,20-/m1/s1. The van der Waals surface area contributed by atoms with E-state index < -0.39 is 0 Å². The summed E-state index contributed by atoms with van der Waals surface area (Å²) in [7, 11) is 3.96. The van der Waals surface area contributed by atoms with Crippen LogP contribution in [0.4, 0.5) is 0 Å². The Morgan fingerprint density at radius 1 is 1.18 bits per heavy atom. The summed E-state index contributed by atoms with van der Waals surface area (Å²) in [6.07, 6.45) is 2.44. The molecule has 28 heavy (non-hydrogen) atoms. The number of nitrogens with zero attached hydrogens (tertiary/aromatic N) is 3. The van der Waals surface area contributed by atoms with Crippen LogP contribution in [0.25, 0.3) is 0 Å². The molecule has 1 aromatic carbocycles. The average Bonchev–Trinajstić information content (AvgIpc) is 3.14. The maximum Gasteiger partial charge on any atom is 0.253 e. The van der Waals surface area contributed by atoms with Crippen LogP contribution in [0.5, 0.6) is 0 Å². The van der Waals surface area contributed by atoms with Crippen LogP contribution >= 0.6 is 0 Å². The minimum atomic E-state index is -0.0417. The SMILES string of the molecule is CC(CCN(C)C[C@H]1CCN(C(C)C)C1)c1ccc(C(=O)N(C)CCO)cc1. The van der Waals surface area contributed by atoms with Crippen LogP contribution in [0.3, 0.4) is 0 Å². The molecule has 1 aromatic rings. The van der Waals surface area contributed by atoms with Gasteiger partial charge in [-0.1, -0.05) is 19.1 Å². The summed E-state index contributed by atoms with van der Waals surface area (Å²) in [6.45, 7) is 11.9. The molecule has 0 aliphatic carbocycles. The molecule has 1 unspecified atom stereocenters. The van der Waals surface area contributed by atoms with Crippen LogP contribution in [0, 0.1) is 5.92 Å². The molecule has 1 saturated heterocycles. The van der Waals surface area contributed by atoms with Gasteiger partial charge in [0.15, 0.2) is 0 Å². The van der Waals surface area contributed by atoms with Crippen LogP contribution in [0.2, 0.25) is 0 Å². The summed E-state index contributed by atoms with van der Waals surface area (Å²) in [5.41, 5.74) is 1.96. The number of benzene rings is 1. The number of carbonyl (C=O) groups excluding carboxylic acids is 1. The van der Waals surface area contributed by atoms with Gasteiger partial charge in [0.25, 0.3) is 5.91 Å². The first-order chi connectivity index (χ1) is 13.3. The van der Waals surface area contributed by atoms with E-state index in [-0.39, 0.29) is 12.5 Å². The molecule has 5 nitrogen and oxygen atoms in total. The number of hydrogen-bond donors (Lipinski definition) is 1. The Morgan fingerprint density at radius 2 is 1.86 bits per heavy atom. The molecule has 1 fully saturated rings. The number of hydrogen-bond acceptors (Lipinski definition) is 4. The van der Waals surface area contributed by atoms with Gasteiger partial charge in [-0.25, -0.2) is 0 Å². The Morgan fingerprint density at radius 3 is 2.43 bits per heavy atom. The number of rotatable bonds is 10. The lowest BCUT2D eigenvalue weighted by Crippen LogP contribution is -2.32. The summed E-state index contributed by atoms with van der Waals surface area (Å²) >= 11 is 0. The van der Waals surface area contributed by atoms with E-state index in [1.165, 1.54) is 31.6 Å². The zero-order chi connectivity index (χ0) is 20.7. The van der Waals surface area contributed by atoms with Gasteiger partial charge in [0.2, 0.25) is 0 Å². The van der Waals surface area contributed by atoms with E-state index in [1.54, 1.807) is 11.9 Å². The van der Waals surface area contributed by atoms with Gasteiger partial charge in [-0.2, -0.15) is 0 Å². The summed E-state index contributed by atoms with van der Waals surface area (Å²) in [5.74, 6) is 1.22. The van der Waals surface area contributed by atoms with Crippen molar-refractivity contribution in [3.63, 3.8) is 0 Å². The van der Waals surface area contributed by atoms with Crippen molar-refractivity contribution in [1.29, 1.82) is 0 Å². The molecule has 0 spiro atoms. The molecule has 1 aliphatic rings.